The zero-order valence-electron chi connectivity index (χ0n) is 20.6. The SMILES string of the molecule is C=Cc1ccc(C[P+](CCCC)(CCCC)CCCC)cc1.CCCCCS(=O)(=O)[O-]. The molecule has 31 heavy (non-hydrogen) atoms. The molecule has 0 unspecified atom stereocenters. The van der Waals surface area contributed by atoms with Crippen LogP contribution >= 0.6 is 7.26 Å². The molecule has 1 aromatic rings. The van der Waals surface area contributed by atoms with Crippen LogP contribution in [-0.2, 0) is 16.3 Å². The van der Waals surface area contributed by atoms with E-state index in [9.17, 15) is 13.0 Å². The molecular formula is C26H47O3PS. The van der Waals surface area contributed by atoms with Crippen LogP contribution in [0.2, 0.25) is 0 Å². The molecule has 0 spiro atoms. The smallest absolute Gasteiger partial charge is 0.0945 e. The summed E-state index contributed by atoms with van der Waals surface area (Å²) in [6.45, 7) is 12.8. The molecule has 5 heteroatoms. The lowest BCUT2D eigenvalue weighted by Crippen LogP contribution is -2.11. The van der Waals surface area contributed by atoms with E-state index in [-0.39, 0.29) is 5.75 Å². The highest BCUT2D eigenvalue weighted by Gasteiger charge is 2.35. The Labute approximate surface area is 194 Å². The molecule has 0 radical (unpaired) electrons. The van der Waals surface area contributed by atoms with Crippen LogP contribution in [0.1, 0.15) is 96.6 Å². The van der Waals surface area contributed by atoms with Crippen molar-refractivity contribution >= 4 is 23.5 Å². The molecule has 0 fully saturated rings. The molecule has 0 heterocycles. The van der Waals surface area contributed by atoms with Gasteiger partial charge in [0.2, 0.25) is 0 Å². The second-order valence-electron chi connectivity index (χ2n) is 8.65. The summed E-state index contributed by atoms with van der Waals surface area (Å²) < 4.78 is 29.9. The first-order chi connectivity index (χ1) is 14.8. The number of unbranched alkanes of at least 4 members (excludes halogenated alkanes) is 5. The van der Waals surface area contributed by atoms with E-state index in [2.05, 4.69) is 51.6 Å². The second-order valence-corrected chi connectivity index (χ2v) is 14.5. The molecule has 0 aliphatic rings. The summed E-state index contributed by atoms with van der Waals surface area (Å²) in [5, 5.41) is 0. The van der Waals surface area contributed by atoms with Crippen LogP contribution in [0.25, 0.3) is 6.08 Å². The van der Waals surface area contributed by atoms with Crippen molar-refractivity contribution in [3.05, 3.63) is 42.0 Å². The number of benzene rings is 1. The Morgan fingerprint density at radius 3 is 1.61 bits per heavy atom. The average molecular weight is 471 g/mol. The molecule has 0 amide bonds. The van der Waals surface area contributed by atoms with E-state index in [0.29, 0.717) is 6.42 Å². The van der Waals surface area contributed by atoms with Gasteiger partial charge in [0.1, 0.15) is 0 Å². The third-order valence-electron chi connectivity index (χ3n) is 5.69. The van der Waals surface area contributed by atoms with Crippen molar-refractivity contribution in [2.45, 2.75) is 91.6 Å². The van der Waals surface area contributed by atoms with Crippen LogP contribution in [0.15, 0.2) is 30.8 Å². The van der Waals surface area contributed by atoms with Gasteiger partial charge in [-0.3, -0.25) is 0 Å². The lowest BCUT2D eigenvalue weighted by Gasteiger charge is -2.28. The van der Waals surface area contributed by atoms with E-state index < -0.39 is 17.4 Å². The van der Waals surface area contributed by atoms with Crippen molar-refractivity contribution in [1.29, 1.82) is 0 Å². The molecule has 1 rings (SSSR count). The molecule has 180 valence electrons. The van der Waals surface area contributed by atoms with Gasteiger partial charge in [-0.2, -0.15) is 0 Å². The normalized spacial score (nSPS) is 11.6. The number of hydrogen-bond acceptors (Lipinski definition) is 3. The van der Waals surface area contributed by atoms with Crippen molar-refractivity contribution in [3.8, 4) is 0 Å². The van der Waals surface area contributed by atoms with Gasteiger partial charge < -0.3 is 4.55 Å². The van der Waals surface area contributed by atoms with Gasteiger partial charge in [0, 0.05) is 13.0 Å². The summed E-state index contributed by atoms with van der Waals surface area (Å²) in [5.74, 6) is -0.208. The second kappa shape index (κ2) is 17.8. The Morgan fingerprint density at radius 2 is 1.26 bits per heavy atom. The lowest BCUT2D eigenvalue weighted by atomic mass is 10.1. The summed E-state index contributed by atoms with van der Waals surface area (Å²) in [6.07, 6.45) is 18.4. The maximum atomic E-state index is 9.95. The van der Waals surface area contributed by atoms with Crippen LogP contribution < -0.4 is 0 Å². The maximum Gasteiger partial charge on any atom is 0.0945 e. The summed E-state index contributed by atoms with van der Waals surface area (Å²) in [7, 11) is -4.76. The molecule has 1 aromatic carbocycles. The summed E-state index contributed by atoms with van der Waals surface area (Å²) in [4.78, 5) is 0. The van der Waals surface area contributed by atoms with Gasteiger partial charge in [-0.15, -0.1) is 0 Å². The zero-order valence-corrected chi connectivity index (χ0v) is 22.3. The average Bonchev–Trinajstić information content (AvgIpc) is 2.75. The highest BCUT2D eigenvalue weighted by molar-refractivity contribution is 7.85. The van der Waals surface area contributed by atoms with E-state index in [1.165, 1.54) is 68.7 Å². The Morgan fingerprint density at radius 1 is 0.806 bits per heavy atom. The maximum absolute atomic E-state index is 9.95. The lowest BCUT2D eigenvalue weighted by molar-refractivity contribution is 0.460. The van der Waals surface area contributed by atoms with Crippen molar-refractivity contribution in [3.63, 3.8) is 0 Å². The molecule has 0 bridgehead atoms. The minimum Gasteiger partial charge on any atom is -0.748 e. The monoisotopic (exact) mass is 470 g/mol. The fraction of sp³-hybridized carbons (Fsp3) is 0.692. The van der Waals surface area contributed by atoms with Crippen LogP contribution in [0.5, 0.6) is 0 Å². The standard InChI is InChI=1S/C21H36P.C5H12O3S/c1-5-9-16-22(17-10-6-2,18-11-7-3)19-21-14-12-20(8-4)13-15-21;1-2-3-4-5-9(6,7)8/h8,12-15H,4-7,9-11,16-19H2,1-3H3;2-5H2,1H3,(H,6,7,8)/q+1;/p-1. The van der Waals surface area contributed by atoms with Gasteiger partial charge in [-0.1, -0.05) is 96.7 Å². The molecule has 0 aliphatic carbocycles. The number of rotatable bonds is 16. The van der Waals surface area contributed by atoms with Gasteiger partial charge in [-0.25, -0.2) is 8.42 Å². The van der Waals surface area contributed by atoms with Crippen LogP contribution in [0, 0.1) is 0 Å². The fourth-order valence-electron chi connectivity index (χ4n) is 3.73. The first-order valence-corrected chi connectivity index (χ1v) is 16.4. The minimum absolute atomic E-state index is 0.208. The Hall–Kier alpha value is -0.700. The van der Waals surface area contributed by atoms with E-state index >= 15 is 0 Å². The Kier molecular flexibility index (Phi) is 17.4. The summed E-state index contributed by atoms with van der Waals surface area (Å²) in [5.41, 5.74) is 2.80. The topological polar surface area (TPSA) is 57.2 Å². The summed E-state index contributed by atoms with van der Waals surface area (Å²) >= 11 is 0. The zero-order chi connectivity index (χ0) is 23.6. The molecule has 0 aromatic heterocycles. The minimum atomic E-state index is -3.95. The predicted octanol–water partition coefficient (Wildman–Crippen LogP) is 7.97. The van der Waals surface area contributed by atoms with Gasteiger partial charge in [-0.05, 0) is 36.8 Å². The molecule has 0 aliphatic heterocycles. The largest absolute Gasteiger partial charge is 0.748 e. The van der Waals surface area contributed by atoms with Crippen molar-refractivity contribution in [2.24, 2.45) is 0 Å². The van der Waals surface area contributed by atoms with E-state index in [0.717, 1.165) is 12.8 Å². The molecule has 0 N–H and O–H groups in total. The van der Waals surface area contributed by atoms with Crippen molar-refractivity contribution in [2.75, 3.05) is 24.2 Å². The van der Waals surface area contributed by atoms with Crippen LogP contribution in [0.4, 0.5) is 0 Å². The highest BCUT2D eigenvalue weighted by atomic mass is 32.2. The van der Waals surface area contributed by atoms with E-state index in [1.807, 2.05) is 13.0 Å². The van der Waals surface area contributed by atoms with Gasteiger partial charge in [0.05, 0.1) is 34.8 Å². The van der Waals surface area contributed by atoms with Crippen LogP contribution in [-0.4, -0.2) is 37.2 Å². The molecule has 0 saturated carbocycles. The first-order valence-electron chi connectivity index (χ1n) is 12.3. The molecule has 0 atom stereocenters. The van der Waals surface area contributed by atoms with Gasteiger partial charge in [0.25, 0.3) is 0 Å². The highest BCUT2D eigenvalue weighted by Crippen LogP contribution is 2.63. The molecular weight excluding hydrogens is 423 g/mol. The van der Waals surface area contributed by atoms with Crippen molar-refractivity contribution < 1.29 is 13.0 Å². The molecule has 0 saturated heterocycles. The van der Waals surface area contributed by atoms with Gasteiger partial charge >= 0.3 is 0 Å². The van der Waals surface area contributed by atoms with E-state index in [1.54, 1.807) is 5.56 Å². The fourth-order valence-corrected chi connectivity index (χ4v) is 9.38. The quantitative estimate of drug-likeness (QED) is 0.140. The third-order valence-corrected chi connectivity index (χ3v) is 11.3. The van der Waals surface area contributed by atoms with Gasteiger partial charge in [0.15, 0.2) is 0 Å². The van der Waals surface area contributed by atoms with E-state index in [4.69, 9.17) is 0 Å². The Balaban J connectivity index is 0.000000842. The first kappa shape index (κ1) is 30.3. The predicted molar refractivity (Wildman–Crippen MR) is 141 cm³/mol. The van der Waals surface area contributed by atoms with Crippen LogP contribution in [0.3, 0.4) is 0 Å². The third kappa shape index (κ3) is 15.7. The summed E-state index contributed by atoms with van der Waals surface area (Å²) in [6, 6.07) is 9.15. The molecule has 3 nitrogen and oxygen atoms in total. The Bertz CT molecular complexity index is 647. The van der Waals surface area contributed by atoms with Crippen molar-refractivity contribution in [1.82, 2.24) is 0 Å². The number of hydrogen-bond donors (Lipinski definition) is 0.